The molecule has 0 aliphatic carbocycles. The van der Waals surface area contributed by atoms with Crippen LogP contribution in [0.15, 0.2) is 36.7 Å². The molecule has 0 aromatic carbocycles. The van der Waals surface area contributed by atoms with Gasteiger partial charge >= 0.3 is 5.97 Å². The molecule has 0 radical (unpaired) electrons. The van der Waals surface area contributed by atoms with Crippen LogP contribution in [-0.2, 0) is 16.1 Å². The van der Waals surface area contributed by atoms with Crippen LogP contribution in [0.5, 0.6) is 0 Å². The average Bonchev–Trinajstić information content (AvgIpc) is 2.88. The van der Waals surface area contributed by atoms with Crippen LogP contribution in [0.3, 0.4) is 0 Å². The Hall–Kier alpha value is -2.83. The maximum atomic E-state index is 11.6. The second-order valence-electron chi connectivity index (χ2n) is 4.05. The Labute approximate surface area is 113 Å². The molecule has 0 atom stereocenters. The van der Waals surface area contributed by atoms with E-state index in [1.807, 2.05) is 12.1 Å². The van der Waals surface area contributed by atoms with Gasteiger partial charge in [0, 0.05) is 12.4 Å². The average molecular weight is 273 g/mol. The molecule has 0 bridgehead atoms. The minimum atomic E-state index is -1.62. The van der Waals surface area contributed by atoms with Crippen molar-refractivity contribution in [3.63, 3.8) is 0 Å². The predicted molar refractivity (Wildman–Crippen MR) is 67.2 cm³/mol. The van der Waals surface area contributed by atoms with E-state index in [0.717, 1.165) is 5.69 Å². The summed E-state index contributed by atoms with van der Waals surface area (Å²) in [6.07, 6.45) is 2.54. The molecular weight excluding hydrogens is 262 g/mol. The molecule has 2 aromatic rings. The fourth-order valence-corrected chi connectivity index (χ4v) is 1.57. The lowest BCUT2D eigenvalue weighted by Gasteiger charge is -2.00. The van der Waals surface area contributed by atoms with Gasteiger partial charge in [0.2, 0.25) is 5.78 Å². The number of carbonyl (C=O) groups excluding carboxylic acids is 2. The third kappa shape index (κ3) is 3.35. The van der Waals surface area contributed by atoms with E-state index in [1.54, 1.807) is 18.5 Å². The topological polar surface area (TPSA) is 102 Å². The molecule has 0 saturated heterocycles. The number of hydrogen-bond donors (Lipinski definition) is 1. The first-order valence-electron chi connectivity index (χ1n) is 5.79. The molecule has 7 heteroatoms. The van der Waals surface area contributed by atoms with Crippen LogP contribution in [0.1, 0.15) is 22.6 Å². The van der Waals surface area contributed by atoms with Crippen molar-refractivity contribution in [1.29, 1.82) is 0 Å². The largest absolute Gasteiger partial charge is 0.475 e. The second-order valence-corrected chi connectivity index (χ2v) is 4.05. The van der Waals surface area contributed by atoms with Crippen molar-refractivity contribution in [2.45, 2.75) is 13.0 Å². The highest BCUT2D eigenvalue weighted by Gasteiger charge is 2.19. The first kappa shape index (κ1) is 13.6. The van der Waals surface area contributed by atoms with Crippen molar-refractivity contribution < 1.29 is 19.5 Å². The summed E-state index contributed by atoms with van der Waals surface area (Å²) >= 11 is 0. The maximum Gasteiger partial charge on any atom is 0.372 e. The van der Waals surface area contributed by atoms with Crippen LogP contribution in [0, 0.1) is 0 Å². The summed E-state index contributed by atoms with van der Waals surface area (Å²) in [6, 6.07) is 6.89. The van der Waals surface area contributed by atoms with Crippen LogP contribution in [0.2, 0.25) is 0 Å². The molecule has 0 saturated carbocycles. The minimum Gasteiger partial charge on any atom is -0.475 e. The van der Waals surface area contributed by atoms with Gasteiger partial charge in [-0.15, -0.1) is 0 Å². The number of ketones is 2. The Morgan fingerprint density at radius 2 is 2.00 bits per heavy atom. The van der Waals surface area contributed by atoms with Crippen molar-refractivity contribution in [3.05, 3.63) is 48.0 Å². The number of hydrogen-bond acceptors (Lipinski definition) is 5. The Morgan fingerprint density at radius 3 is 2.65 bits per heavy atom. The van der Waals surface area contributed by atoms with E-state index in [0.29, 0.717) is 6.54 Å². The lowest BCUT2D eigenvalue weighted by atomic mass is 10.1. The van der Waals surface area contributed by atoms with Crippen molar-refractivity contribution in [3.8, 4) is 0 Å². The quantitative estimate of drug-likeness (QED) is 0.468. The van der Waals surface area contributed by atoms with Gasteiger partial charge in [0.05, 0.1) is 18.7 Å². The van der Waals surface area contributed by atoms with Gasteiger partial charge in [-0.1, -0.05) is 6.07 Å². The summed E-state index contributed by atoms with van der Waals surface area (Å²) in [6.45, 7) is 0.390. The van der Waals surface area contributed by atoms with Crippen LogP contribution < -0.4 is 0 Å². The highest BCUT2D eigenvalue weighted by Crippen LogP contribution is 2.04. The molecule has 0 amide bonds. The lowest BCUT2D eigenvalue weighted by Crippen LogP contribution is -2.17. The molecule has 0 aliphatic rings. The van der Waals surface area contributed by atoms with Gasteiger partial charge in [-0.05, 0) is 18.2 Å². The van der Waals surface area contributed by atoms with Gasteiger partial charge in [0.15, 0.2) is 5.78 Å². The van der Waals surface area contributed by atoms with E-state index in [2.05, 4.69) is 10.1 Å². The molecular formula is C13H11N3O4. The fourth-order valence-electron chi connectivity index (χ4n) is 1.57. The third-order valence-electron chi connectivity index (χ3n) is 2.54. The number of aliphatic carboxylic acids is 1. The normalized spacial score (nSPS) is 10.2. The van der Waals surface area contributed by atoms with Crippen molar-refractivity contribution in [2.75, 3.05) is 0 Å². The zero-order valence-electron chi connectivity index (χ0n) is 10.4. The fraction of sp³-hybridized carbons (Fsp3) is 0.154. The summed E-state index contributed by atoms with van der Waals surface area (Å²) in [5, 5.41) is 12.4. The minimum absolute atomic E-state index is 0.0653. The summed E-state index contributed by atoms with van der Waals surface area (Å²) in [5.74, 6) is -3.38. The SMILES string of the molecule is O=C(O)C(=O)CC(=O)c1ccn(Cc2ccccn2)n1. The monoisotopic (exact) mass is 273 g/mol. The van der Waals surface area contributed by atoms with E-state index in [1.165, 1.54) is 10.7 Å². The first-order chi connectivity index (χ1) is 9.56. The summed E-state index contributed by atoms with van der Waals surface area (Å²) in [4.78, 5) is 37.1. The summed E-state index contributed by atoms with van der Waals surface area (Å²) < 4.78 is 1.50. The molecule has 2 heterocycles. The number of aromatic nitrogens is 3. The van der Waals surface area contributed by atoms with Gasteiger partial charge < -0.3 is 5.11 Å². The second kappa shape index (κ2) is 5.87. The molecule has 0 fully saturated rings. The van der Waals surface area contributed by atoms with Crippen molar-refractivity contribution in [2.24, 2.45) is 0 Å². The predicted octanol–water partition coefficient (Wildman–Crippen LogP) is 0.553. The molecule has 0 unspecified atom stereocenters. The van der Waals surface area contributed by atoms with Crippen molar-refractivity contribution >= 4 is 17.5 Å². The molecule has 2 rings (SSSR count). The van der Waals surface area contributed by atoms with E-state index in [-0.39, 0.29) is 5.69 Å². The highest BCUT2D eigenvalue weighted by molar-refractivity contribution is 6.37. The molecule has 1 N–H and O–H groups in total. The number of carboxylic acids is 1. The molecule has 7 nitrogen and oxygen atoms in total. The number of carbonyl (C=O) groups is 3. The molecule has 2 aromatic heterocycles. The Balaban J connectivity index is 2.04. The first-order valence-corrected chi connectivity index (χ1v) is 5.79. The van der Waals surface area contributed by atoms with E-state index in [9.17, 15) is 14.4 Å². The number of Topliss-reactive ketones (excluding diaryl/α,β-unsaturated/α-hetero) is 2. The van der Waals surface area contributed by atoms with Gasteiger partial charge in [-0.25, -0.2) is 4.79 Å². The highest BCUT2D eigenvalue weighted by atomic mass is 16.4. The molecule has 0 spiro atoms. The Kier molecular flexibility index (Phi) is 3.99. The van der Waals surface area contributed by atoms with E-state index < -0.39 is 24.0 Å². The van der Waals surface area contributed by atoms with Gasteiger partial charge in [0.25, 0.3) is 0 Å². The smallest absolute Gasteiger partial charge is 0.372 e. The van der Waals surface area contributed by atoms with E-state index >= 15 is 0 Å². The maximum absolute atomic E-state index is 11.6. The van der Waals surface area contributed by atoms with Crippen LogP contribution in [0.4, 0.5) is 0 Å². The Bertz CT molecular complexity index is 649. The van der Waals surface area contributed by atoms with E-state index in [4.69, 9.17) is 5.11 Å². The zero-order chi connectivity index (χ0) is 14.5. The third-order valence-corrected chi connectivity index (χ3v) is 2.54. The zero-order valence-corrected chi connectivity index (χ0v) is 10.4. The molecule has 0 aliphatic heterocycles. The standard InChI is InChI=1S/C13H11N3O4/c17-11(7-12(18)13(19)20)10-4-6-16(15-10)8-9-3-1-2-5-14-9/h1-6H,7-8H2,(H,19,20). The van der Waals surface area contributed by atoms with Crippen LogP contribution >= 0.6 is 0 Å². The van der Waals surface area contributed by atoms with Gasteiger partial charge in [-0.2, -0.15) is 5.10 Å². The molecule has 102 valence electrons. The number of pyridine rings is 1. The molecule has 20 heavy (non-hydrogen) atoms. The van der Waals surface area contributed by atoms with Gasteiger partial charge in [-0.3, -0.25) is 19.3 Å². The van der Waals surface area contributed by atoms with Gasteiger partial charge in [0.1, 0.15) is 5.69 Å². The van der Waals surface area contributed by atoms with Crippen LogP contribution in [0.25, 0.3) is 0 Å². The Morgan fingerprint density at radius 1 is 1.20 bits per heavy atom. The summed E-state index contributed by atoms with van der Waals surface area (Å²) in [7, 11) is 0. The van der Waals surface area contributed by atoms with Crippen molar-refractivity contribution in [1.82, 2.24) is 14.8 Å². The number of carboxylic acid groups (broad SMARTS) is 1. The number of rotatable bonds is 6. The summed E-state index contributed by atoms with van der Waals surface area (Å²) in [5.41, 5.74) is 0.840. The lowest BCUT2D eigenvalue weighted by molar-refractivity contribution is -0.148. The number of nitrogens with zero attached hydrogens (tertiary/aromatic N) is 3. The van der Waals surface area contributed by atoms with Crippen LogP contribution in [-0.4, -0.2) is 37.4 Å².